The van der Waals surface area contributed by atoms with Crippen LogP contribution in [0.1, 0.15) is 32.2 Å². The average molecular weight is 617 g/mol. The minimum Gasteiger partial charge on any atom is -0.394 e. The molecular weight excluding hydrogens is 582 g/mol. The van der Waals surface area contributed by atoms with Crippen molar-refractivity contribution in [2.75, 3.05) is 6.61 Å². The Kier molecular flexibility index (Phi) is 10.2. The zero-order valence-corrected chi connectivity index (χ0v) is 24.2. The number of benzene rings is 2. The van der Waals surface area contributed by atoms with E-state index in [0.29, 0.717) is 29.8 Å². The normalized spacial score (nSPS) is 21.8. The van der Waals surface area contributed by atoms with Gasteiger partial charge >= 0.3 is 0 Å². The third-order valence-corrected chi connectivity index (χ3v) is 9.03. The molecule has 2 aromatic heterocycles. The van der Waals surface area contributed by atoms with E-state index in [1.165, 1.54) is 46.4 Å². The summed E-state index contributed by atoms with van der Waals surface area (Å²) in [6.45, 7) is 0.894. The van der Waals surface area contributed by atoms with Crippen LogP contribution in [0.5, 0.6) is 0 Å². The largest absolute Gasteiger partial charge is 0.394 e. The highest BCUT2D eigenvalue weighted by molar-refractivity contribution is 8.00. The first-order chi connectivity index (χ1) is 20.7. The number of aromatic nitrogens is 6. The molecule has 43 heavy (non-hydrogen) atoms. The fourth-order valence-electron chi connectivity index (χ4n) is 5.11. The van der Waals surface area contributed by atoms with Crippen LogP contribution in [0.3, 0.4) is 0 Å². The maximum Gasteiger partial charge on any atom is 0.132 e. The molecule has 0 amide bonds. The molecule has 11 nitrogen and oxygen atoms in total. The standard InChI is InChI=1S/C29H34F2N6O5S/c1-17(39)26(16-38)42-29(25(40)15-36-13-22(32-34-36)18-7-2-4-9-20(18)30)43-27-12-6-11-24(28(27)41)37-14-23(33-35-37)19-8-3-5-10-21(19)31/h2-5,7-10,13-14,17,24-29,38-41H,6,11-12,15-16H2,1H3/t17?,24?,25-,26?,27?,28?,29?/m0/s1. The summed E-state index contributed by atoms with van der Waals surface area (Å²) >= 11 is 1.18. The Bertz CT molecular complexity index is 1490. The molecule has 0 spiro atoms. The van der Waals surface area contributed by atoms with Crippen molar-refractivity contribution in [3.8, 4) is 22.5 Å². The average Bonchev–Trinajstić information content (AvgIpc) is 3.66. The first kappa shape index (κ1) is 31.2. The highest BCUT2D eigenvalue weighted by Crippen LogP contribution is 2.39. The quantitative estimate of drug-likeness (QED) is 0.175. The van der Waals surface area contributed by atoms with Gasteiger partial charge in [-0.3, -0.25) is 0 Å². The summed E-state index contributed by atoms with van der Waals surface area (Å²) in [5.41, 5.74) is 0.224. The van der Waals surface area contributed by atoms with E-state index in [2.05, 4.69) is 20.6 Å². The zero-order chi connectivity index (χ0) is 30.5. The van der Waals surface area contributed by atoms with Crippen LogP contribution in [-0.4, -0.2) is 92.1 Å². The third-order valence-electron chi connectivity index (χ3n) is 7.48. The molecule has 6 unspecified atom stereocenters. The van der Waals surface area contributed by atoms with Gasteiger partial charge in [0.25, 0.3) is 0 Å². The van der Waals surface area contributed by atoms with Gasteiger partial charge < -0.3 is 25.2 Å². The van der Waals surface area contributed by atoms with Crippen LogP contribution >= 0.6 is 11.8 Å². The van der Waals surface area contributed by atoms with Crippen molar-refractivity contribution in [1.82, 2.24) is 30.0 Å². The van der Waals surface area contributed by atoms with Gasteiger partial charge in [0.15, 0.2) is 0 Å². The van der Waals surface area contributed by atoms with Crippen molar-refractivity contribution in [2.24, 2.45) is 0 Å². The molecule has 2 aromatic carbocycles. The first-order valence-corrected chi connectivity index (χ1v) is 15.0. The van der Waals surface area contributed by atoms with E-state index >= 15 is 0 Å². The summed E-state index contributed by atoms with van der Waals surface area (Å²) in [6, 6.07) is 11.9. The minimum absolute atomic E-state index is 0.0849. The molecular formula is C29H34F2N6O5S. The van der Waals surface area contributed by atoms with Crippen molar-refractivity contribution in [2.45, 2.75) is 73.9 Å². The van der Waals surface area contributed by atoms with Gasteiger partial charge in [-0.25, -0.2) is 18.1 Å². The highest BCUT2D eigenvalue weighted by Gasteiger charge is 2.38. The summed E-state index contributed by atoms with van der Waals surface area (Å²) in [4.78, 5) is 0. The summed E-state index contributed by atoms with van der Waals surface area (Å²) in [6.07, 6.45) is 0.888. The molecule has 1 fully saturated rings. The van der Waals surface area contributed by atoms with Crippen LogP contribution in [-0.2, 0) is 11.3 Å². The van der Waals surface area contributed by atoms with Gasteiger partial charge in [0.05, 0.1) is 43.8 Å². The summed E-state index contributed by atoms with van der Waals surface area (Å²) < 4.78 is 37.4. The molecule has 2 heterocycles. The molecule has 1 aliphatic rings. The summed E-state index contributed by atoms with van der Waals surface area (Å²) in [5.74, 6) is -0.880. The lowest BCUT2D eigenvalue weighted by Gasteiger charge is -2.37. The van der Waals surface area contributed by atoms with E-state index < -0.39 is 59.4 Å². The molecule has 0 aliphatic heterocycles. The zero-order valence-electron chi connectivity index (χ0n) is 23.4. The van der Waals surface area contributed by atoms with Gasteiger partial charge in [0.1, 0.15) is 40.7 Å². The predicted octanol–water partition coefficient (Wildman–Crippen LogP) is 2.82. The van der Waals surface area contributed by atoms with Crippen LogP contribution in [0.15, 0.2) is 60.9 Å². The molecule has 7 atom stereocenters. The number of aliphatic hydroxyl groups is 4. The molecule has 1 aliphatic carbocycles. The molecule has 0 saturated heterocycles. The Morgan fingerprint density at radius 1 is 0.953 bits per heavy atom. The van der Waals surface area contributed by atoms with Gasteiger partial charge in [0.2, 0.25) is 0 Å². The van der Waals surface area contributed by atoms with Gasteiger partial charge in [0, 0.05) is 16.4 Å². The Hall–Kier alpha value is -3.27. The van der Waals surface area contributed by atoms with Gasteiger partial charge in [-0.1, -0.05) is 41.1 Å². The minimum atomic E-state index is -1.21. The number of hydrogen-bond donors (Lipinski definition) is 4. The number of nitrogens with zero attached hydrogens (tertiary/aromatic N) is 6. The number of rotatable bonds is 12. The topological polar surface area (TPSA) is 152 Å². The van der Waals surface area contributed by atoms with E-state index in [1.54, 1.807) is 42.6 Å². The Balaban J connectivity index is 1.32. The highest BCUT2D eigenvalue weighted by atomic mass is 32.2. The SMILES string of the molecule is CC(O)C(CO)OC(SC1CCCC(n2cc(-c3ccccc3F)nn2)C1O)[C@@H](O)Cn1cc(-c2ccccc2F)nn1. The van der Waals surface area contributed by atoms with E-state index in [9.17, 15) is 29.2 Å². The maximum atomic E-state index is 14.3. The number of ether oxygens (including phenoxy) is 1. The number of aliphatic hydroxyl groups excluding tert-OH is 4. The molecule has 5 rings (SSSR count). The van der Waals surface area contributed by atoms with E-state index in [1.807, 2.05) is 0 Å². The van der Waals surface area contributed by atoms with Crippen molar-refractivity contribution in [1.29, 1.82) is 0 Å². The van der Waals surface area contributed by atoms with E-state index in [4.69, 9.17) is 4.74 Å². The monoisotopic (exact) mass is 616 g/mol. The number of hydrogen-bond acceptors (Lipinski definition) is 10. The fraction of sp³-hybridized carbons (Fsp3) is 0.448. The molecule has 230 valence electrons. The molecule has 0 bridgehead atoms. The Labute approximate surface area is 251 Å². The van der Waals surface area contributed by atoms with E-state index in [0.717, 1.165) is 6.42 Å². The third kappa shape index (κ3) is 7.28. The lowest BCUT2D eigenvalue weighted by Crippen LogP contribution is -2.43. The molecule has 4 aromatic rings. The lowest BCUT2D eigenvalue weighted by molar-refractivity contribution is -0.0977. The fourth-order valence-corrected chi connectivity index (χ4v) is 6.57. The second-order valence-corrected chi connectivity index (χ2v) is 11.9. The molecule has 0 radical (unpaired) electrons. The molecule has 14 heteroatoms. The van der Waals surface area contributed by atoms with Gasteiger partial charge in [-0.2, -0.15) is 0 Å². The van der Waals surface area contributed by atoms with Crippen LogP contribution in [0, 0.1) is 11.6 Å². The maximum absolute atomic E-state index is 14.3. The number of halogens is 2. The van der Waals surface area contributed by atoms with Gasteiger partial charge in [-0.05, 0) is 44.0 Å². The Morgan fingerprint density at radius 3 is 2.21 bits per heavy atom. The van der Waals surface area contributed by atoms with Crippen molar-refractivity contribution in [3.63, 3.8) is 0 Å². The Morgan fingerprint density at radius 2 is 1.58 bits per heavy atom. The van der Waals surface area contributed by atoms with Gasteiger partial charge in [-0.15, -0.1) is 22.0 Å². The van der Waals surface area contributed by atoms with Crippen molar-refractivity contribution in [3.05, 3.63) is 72.6 Å². The first-order valence-electron chi connectivity index (χ1n) is 14.0. The molecule has 4 N–H and O–H groups in total. The van der Waals surface area contributed by atoms with Crippen LogP contribution in [0.25, 0.3) is 22.5 Å². The van der Waals surface area contributed by atoms with Crippen LogP contribution < -0.4 is 0 Å². The summed E-state index contributed by atoms with van der Waals surface area (Å²) in [7, 11) is 0. The molecule has 1 saturated carbocycles. The lowest BCUT2D eigenvalue weighted by atomic mass is 9.92. The number of thioether (sulfide) groups is 1. The predicted molar refractivity (Wildman–Crippen MR) is 155 cm³/mol. The second-order valence-electron chi connectivity index (χ2n) is 10.6. The van der Waals surface area contributed by atoms with E-state index in [-0.39, 0.29) is 12.1 Å². The second kappa shape index (κ2) is 14.0. The van der Waals surface area contributed by atoms with Crippen molar-refractivity contribution < 1.29 is 33.9 Å². The van der Waals surface area contributed by atoms with Crippen molar-refractivity contribution >= 4 is 11.8 Å². The summed E-state index contributed by atoms with van der Waals surface area (Å²) in [5, 5.41) is 58.5. The van der Waals surface area contributed by atoms with Crippen LogP contribution in [0.2, 0.25) is 0 Å². The smallest absolute Gasteiger partial charge is 0.132 e. The van der Waals surface area contributed by atoms with Crippen LogP contribution in [0.4, 0.5) is 8.78 Å².